The van der Waals surface area contributed by atoms with Crippen LogP contribution in [0.2, 0.25) is 0 Å². The van der Waals surface area contributed by atoms with E-state index in [0.29, 0.717) is 0 Å². The van der Waals surface area contributed by atoms with Crippen molar-refractivity contribution in [1.29, 1.82) is 0 Å². The number of esters is 1. The number of amides is 2. The molecule has 0 saturated carbocycles. The molecule has 3 N–H and O–H groups in total. The number of benzene rings is 3. The number of allylic oxidation sites excluding steroid dienone is 1. The first-order valence-corrected chi connectivity index (χ1v) is 10.9. The van der Waals surface area contributed by atoms with Gasteiger partial charge < -0.3 is 20.4 Å². The second-order valence-electron chi connectivity index (χ2n) is 7.89. The molecule has 0 saturated heterocycles. The zero-order chi connectivity index (χ0) is 24.8. The predicted molar refractivity (Wildman–Crippen MR) is 134 cm³/mol. The van der Waals surface area contributed by atoms with Crippen molar-refractivity contribution in [3.63, 3.8) is 0 Å². The monoisotopic (exact) mass is 468 g/mol. The summed E-state index contributed by atoms with van der Waals surface area (Å²) in [5.41, 5.74) is 3.00. The van der Waals surface area contributed by atoms with Gasteiger partial charge in [0.1, 0.15) is 0 Å². The molecule has 0 fully saturated rings. The number of imidazole rings is 1. The van der Waals surface area contributed by atoms with Crippen LogP contribution >= 0.6 is 0 Å². The van der Waals surface area contributed by atoms with Crippen LogP contribution < -0.4 is 10.6 Å². The first kappa shape index (κ1) is 23.4. The van der Waals surface area contributed by atoms with Crippen LogP contribution in [0.15, 0.2) is 79.3 Å². The SMILES string of the molecule is COC(=O)c1ccc(C(=O)NCc2cnc[nH]2)cc1NC(=O)C=C(C)c1ccc2ccccc2c1. The maximum absolute atomic E-state index is 12.8. The zero-order valence-corrected chi connectivity index (χ0v) is 19.3. The standard InChI is InChI=1S/C27H24N4O4/c1-17(19-8-7-18-5-3-4-6-20(18)12-19)11-25(32)31-24-13-21(9-10-23(24)27(34)35-2)26(33)29-15-22-14-28-16-30-22/h3-14,16H,15H2,1-2H3,(H,28,30)(H,29,33)(H,31,32). The van der Waals surface area contributed by atoms with E-state index in [1.165, 1.54) is 37.7 Å². The molecule has 8 heteroatoms. The van der Waals surface area contributed by atoms with Crippen molar-refractivity contribution in [3.8, 4) is 0 Å². The van der Waals surface area contributed by atoms with E-state index in [2.05, 4.69) is 20.6 Å². The number of carbonyl (C=O) groups excluding carboxylic acids is 3. The Bertz CT molecular complexity index is 1420. The highest BCUT2D eigenvalue weighted by molar-refractivity contribution is 6.09. The van der Waals surface area contributed by atoms with Crippen LogP contribution in [0.5, 0.6) is 0 Å². The van der Waals surface area contributed by atoms with Crippen LogP contribution in [0.25, 0.3) is 16.3 Å². The minimum Gasteiger partial charge on any atom is -0.465 e. The number of H-pyrrole nitrogens is 1. The summed E-state index contributed by atoms with van der Waals surface area (Å²) in [5, 5.41) is 7.66. The average Bonchev–Trinajstić information content (AvgIpc) is 3.40. The lowest BCUT2D eigenvalue weighted by molar-refractivity contribution is -0.111. The lowest BCUT2D eigenvalue weighted by atomic mass is 10.0. The van der Waals surface area contributed by atoms with Gasteiger partial charge in [0.15, 0.2) is 0 Å². The van der Waals surface area contributed by atoms with Gasteiger partial charge in [0.2, 0.25) is 5.91 Å². The number of aromatic amines is 1. The quantitative estimate of drug-likeness (QED) is 0.276. The van der Waals surface area contributed by atoms with Crippen molar-refractivity contribution < 1.29 is 19.1 Å². The number of nitrogens with zero attached hydrogens (tertiary/aromatic N) is 1. The third kappa shape index (κ3) is 5.62. The first-order chi connectivity index (χ1) is 16.9. The number of anilines is 1. The number of nitrogens with one attached hydrogen (secondary N) is 3. The minimum atomic E-state index is -0.625. The molecule has 0 unspecified atom stereocenters. The Balaban J connectivity index is 1.55. The fourth-order valence-corrected chi connectivity index (χ4v) is 3.62. The molecule has 4 rings (SSSR count). The fraction of sp³-hybridized carbons (Fsp3) is 0.111. The first-order valence-electron chi connectivity index (χ1n) is 10.9. The third-order valence-electron chi connectivity index (χ3n) is 5.49. The number of fused-ring (bicyclic) bond motifs is 1. The van der Waals surface area contributed by atoms with Gasteiger partial charge in [-0.05, 0) is 53.1 Å². The zero-order valence-electron chi connectivity index (χ0n) is 19.3. The van der Waals surface area contributed by atoms with Crippen molar-refractivity contribution in [2.45, 2.75) is 13.5 Å². The molecule has 0 aliphatic carbocycles. The molecular formula is C27H24N4O4. The summed E-state index contributed by atoms with van der Waals surface area (Å²) >= 11 is 0. The molecule has 2 amide bonds. The molecule has 4 aromatic rings. The van der Waals surface area contributed by atoms with E-state index in [1.54, 1.807) is 6.20 Å². The van der Waals surface area contributed by atoms with Crippen molar-refractivity contribution in [2.24, 2.45) is 0 Å². The van der Waals surface area contributed by atoms with Crippen molar-refractivity contribution in [2.75, 3.05) is 12.4 Å². The van der Waals surface area contributed by atoms with Gasteiger partial charge in [-0.1, -0.05) is 36.4 Å². The molecule has 3 aromatic carbocycles. The molecule has 35 heavy (non-hydrogen) atoms. The maximum atomic E-state index is 12.8. The van der Waals surface area contributed by atoms with Crippen LogP contribution in [0, 0.1) is 0 Å². The third-order valence-corrected chi connectivity index (χ3v) is 5.49. The molecule has 0 aliphatic heterocycles. The summed E-state index contributed by atoms with van der Waals surface area (Å²) in [6, 6.07) is 18.3. The summed E-state index contributed by atoms with van der Waals surface area (Å²) in [4.78, 5) is 44.5. The smallest absolute Gasteiger partial charge is 0.339 e. The Morgan fingerprint density at radius 2 is 1.77 bits per heavy atom. The van der Waals surface area contributed by atoms with Gasteiger partial charge in [0.05, 0.1) is 36.9 Å². The number of methoxy groups -OCH3 is 1. The van der Waals surface area contributed by atoms with E-state index in [-0.39, 0.29) is 29.3 Å². The average molecular weight is 469 g/mol. The van der Waals surface area contributed by atoms with Crippen LogP contribution in [0.4, 0.5) is 5.69 Å². The van der Waals surface area contributed by atoms with Gasteiger partial charge in [-0.3, -0.25) is 9.59 Å². The number of rotatable bonds is 7. The van der Waals surface area contributed by atoms with E-state index in [4.69, 9.17) is 4.74 Å². The van der Waals surface area contributed by atoms with Gasteiger partial charge in [-0.25, -0.2) is 9.78 Å². The maximum Gasteiger partial charge on any atom is 0.339 e. The molecule has 176 valence electrons. The Morgan fingerprint density at radius 1 is 1.00 bits per heavy atom. The summed E-state index contributed by atoms with van der Waals surface area (Å²) in [6.45, 7) is 2.09. The minimum absolute atomic E-state index is 0.141. The summed E-state index contributed by atoms with van der Waals surface area (Å²) < 4.78 is 4.83. The van der Waals surface area contributed by atoms with Crippen molar-refractivity contribution in [3.05, 3.63) is 102 Å². The van der Waals surface area contributed by atoms with Crippen LogP contribution in [0.3, 0.4) is 0 Å². The van der Waals surface area contributed by atoms with Crippen LogP contribution in [-0.2, 0) is 16.1 Å². The molecule has 0 radical (unpaired) electrons. The van der Waals surface area contributed by atoms with E-state index in [0.717, 1.165) is 27.6 Å². The molecule has 8 nitrogen and oxygen atoms in total. The second kappa shape index (κ2) is 10.5. The molecule has 1 heterocycles. The molecule has 0 aliphatic rings. The van der Waals surface area contributed by atoms with Gasteiger partial charge in [0.25, 0.3) is 5.91 Å². The topological polar surface area (TPSA) is 113 Å². The van der Waals surface area contributed by atoms with Gasteiger partial charge in [-0.15, -0.1) is 0 Å². The fourth-order valence-electron chi connectivity index (χ4n) is 3.62. The lowest BCUT2D eigenvalue weighted by Gasteiger charge is -2.12. The summed E-state index contributed by atoms with van der Waals surface area (Å²) in [5.74, 6) is -1.43. The molecule has 0 bridgehead atoms. The highest BCUT2D eigenvalue weighted by atomic mass is 16.5. The predicted octanol–water partition coefficient (Wildman–Crippen LogP) is 4.32. The number of ether oxygens (including phenoxy) is 1. The van der Waals surface area contributed by atoms with E-state index >= 15 is 0 Å². The number of hydrogen-bond donors (Lipinski definition) is 3. The number of aromatic nitrogens is 2. The second-order valence-corrected chi connectivity index (χ2v) is 7.89. The Hall–Kier alpha value is -4.72. The largest absolute Gasteiger partial charge is 0.465 e. The normalized spacial score (nSPS) is 11.2. The van der Waals surface area contributed by atoms with E-state index in [9.17, 15) is 14.4 Å². The van der Waals surface area contributed by atoms with Gasteiger partial charge >= 0.3 is 5.97 Å². The van der Waals surface area contributed by atoms with Crippen LogP contribution in [-0.4, -0.2) is 34.9 Å². The van der Waals surface area contributed by atoms with Gasteiger partial charge in [-0.2, -0.15) is 0 Å². The van der Waals surface area contributed by atoms with E-state index < -0.39 is 11.9 Å². The van der Waals surface area contributed by atoms with Crippen molar-refractivity contribution in [1.82, 2.24) is 15.3 Å². The Morgan fingerprint density at radius 3 is 2.51 bits per heavy atom. The van der Waals surface area contributed by atoms with Crippen LogP contribution in [0.1, 0.15) is 38.9 Å². The highest BCUT2D eigenvalue weighted by Crippen LogP contribution is 2.23. The molecule has 1 aromatic heterocycles. The molecular weight excluding hydrogens is 444 g/mol. The number of hydrogen-bond acceptors (Lipinski definition) is 5. The molecule has 0 atom stereocenters. The Labute approximate surface area is 202 Å². The Kier molecular flexibility index (Phi) is 7.02. The summed E-state index contributed by atoms with van der Waals surface area (Å²) in [7, 11) is 1.25. The molecule has 0 spiro atoms. The highest BCUT2D eigenvalue weighted by Gasteiger charge is 2.17. The van der Waals surface area contributed by atoms with Crippen molar-refractivity contribution >= 4 is 39.8 Å². The van der Waals surface area contributed by atoms with E-state index in [1.807, 2.05) is 49.4 Å². The lowest BCUT2D eigenvalue weighted by Crippen LogP contribution is -2.23. The number of carbonyl (C=O) groups is 3. The summed E-state index contributed by atoms with van der Waals surface area (Å²) in [6.07, 6.45) is 4.58. The van der Waals surface area contributed by atoms with Gasteiger partial charge in [0, 0.05) is 17.8 Å².